The zero-order valence-corrected chi connectivity index (χ0v) is 14.0. The van der Waals surface area contributed by atoms with Crippen molar-refractivity contribution in [3.63, 3.8) is 0 Å². The average Bonchev–Trinajstić information content (AvgIpc) is 3.02. The molecule has 2 atom stereocenters. The van der Waals surface area contributed by atoms with Gasteiger partial charge in [0.25, 0.3) is 5.91 Å². The van der Waals surface area contributed by atoms with Crippen LogP contribution in [0.3, 0.4) is 0 Å². The zero-order chi connectivity index (χ0) is 15.9. The number of amides is 1. The van der Waals surface area contributed by atoms with Crippen LogP contribution in [-0.2, 0) is 0 Å². The summed E-state index contributed by atoms with van der Waals surface area (Å²) < 4.78 is 5.29. The smallest absolute Gasteiger partial charge is 0.273 e. The molecule has 0 unspecified atom stereocenters. The summed E-state index contributed by atoms with van der Waals surface area (Å²) in [4.78, 5) is 14.9. The van der Waals surface area contributed by atoms with Crippen molar-refractivity contribution in [1.29, 1.82) is 0 Å². The number of nitrogens with one attached hydrogen (secondary N) is 1. The number of aromatic nitrogens is 1. The number of carbonyl (C=O) groups excluding carboxylic acids is 1. The highest BCUT2D eigenvalue weighted by molar-refractivity contribution is 5.92. The standard InChI is InChI=1S/C17H27N3O2/c1-10(2)13-8-20(11(3)4)9-15(13)18-17(21)14-7-16(22-19-14)12-5-6-12/h7,10-13,15H,5-6,8-9H2,1-4H3,(H,18,21)/t13-,15+/m0/s1. The first-order valence-corrected chi connectivity index (χ1v) is 8.47. The molecule has 0 bridgehead atoms. The molecule has 1 saturated heterocycles. The maximum atomic E-state index is 12.4. The molecule has 5 nitrogen and oxygen atoms in total. The zero-order valence-electron chi connectivity index (χ0n) is 14.0. The minimum atomic E-state index is -0.100. The van der Waals surface area contributed by atoms with Crippen LogP contribution < -0.4 is 5.32 Å². The van der Waals surface area contributed by atoms with Crippen LogP contribution in [0.2, 0.25) is 0 Å². The van der Waals surface area contributed by atoms with Gasteiger partial charge in [-0.15, -0.1) is 0 Å². The molecule has 0 radical (unpaired) electrons. The Bertz CT molecular complexity index is 534. The molecule has 2 heterocycles. The molecular weight excluding hydrogens is 278 g/mol. The first kappa shape index (κ1) is 15.5. The first-order chi connectivity index (χ1) is 10.5. The van der Waals surface area contributed by atoms with E-state index in [1.165, 1.54) is 0 Å². The molecule has 5 heteroatoms. The van der Waals surface area contributed by atoms with E-state index in [1.807, 2.05) is 6.07 Å². The Morgan fingerprint density at radius 1 is 1.32 bits per heavy atom. The lowest BCUT2D eigenvalue weighted by atomic mass is 9.91. The largest absolute Gasteiger partial charge is 0.360 e. The molecule has 1 amide bonds. The third kappa shape index (κ3) is 3.19. The molecule has 1 aromatic heterocycles. The minimum Gasteiger partial charge on any atom is -0.360 e. The lowest BCUT2D eigenvalue weighted by Crippen LogP contribution is -2.42. The van der Waals surface area contributed by atoms with Crippen LogP contribution in [0.5, 0.6) is 0 Å². The van der Waals surface area contributed by atoms with Gasteiger partial charge in [-0.3, -0.25) is 9.69 Å². The third-order valence-electron chi connectivity index (χ3n) is 5.04. The predicted octanol–water partition coefficient (Wildman–Crippen LogP) is 2.65. The summed E-state index contributed by atoms with van der Waals surface area (Å²) in [5, 5.41) is 7.12. The Kier molecular flexibility index (Phi) is 4.26. The van der Waals surface area contributed by atoms with Crippen LogP contribution >= 0.6 is 0 Å². The van der Waals surface area contributed by atoms with Crippen LogP contribution in [0, 0.1) is 11.8 Å². The quantitative estimate of drug-likeness (QED) is 0.908. The van der Waals surface area contributed by atoms with Crippen molar-refractivity contribution in [2.75, 3.05) is 13.1 Å². The van der Waals surface area contributed by atoms with Gasteiger partial charge in [0.15, 0.2) is 5.69 Å². The molecular formula is C17H27N3O2. The van der Waals surface area contributed by atoms with Crippen molar-refractivity contribution in [3.05, 3.63) is 17.5 Å². The van der Waals surface area contributed by atoms with Crippen molar-refractivity contribution in [2.24, 2.45) is 11.8 Å². The van der Waals surface area contributed by atoms with Gasteiger partial charge in [0.2, 0.25) is 0 Å². The fourth-order valence-corrected chi connectivity index (χ4v) is 3.31. The van der Waals surface area contributed by atoms with Gasteiger partial charge < -0.3 is 9.84 Å². The van der Waals surface area contributed by atoms with Crippen molar-refractivity contribution >= 4 is 5.91 Å². The van der Waals surface area contributed by atoms with Gasteiger partial charge in [-0.1, -0.05) is 19.0 Å². The maximum absolute atomic E-state index is 12.4. The number of nitrogens with zero attached hydrogens (tertiary/aromatic N) is 2. The van der Waals surface area contributed by atoms with E-state index >= 15 is 0 Å². The average molecular weight is 305 g/mol. The van der Waals surface area contributed by atoms with Crippen molar-refractivity contribution in [2.45, 2.75) is 58.5 Å². The number of likely N-dealkylation sites (tertiary alicyclic amines) is 1. The topological polar surface area (TPSA) is 58.4 Å². The molecule has 1 aliphatic carbocycles. The molecule has 3 rings (SSSR count). The highest BCUT2D eigenvalue weighted by atomic mass is 16.5. The Morgan fingerprint density at radius 3 is 2.64 bits per heavy atom. The van der Waals surface area contributed by atoms with Gasteiger partial charge in [0, 0.05) is 37.2 Å². The van der Waals surface area contributed by atoms with Gasteiger partial charge in [0.1, 0.15) is 5.76 Å². The van der Waals surface area contributed by atoms with Crippen LogP contribution in [0.15, 0.2) is 10.6 Å². The SMILES string of the molecule is CC(C)[C@@H]1CN(C(C)C)C[C@H]1NC(=O)c1cc(C2CC2)on1. The Hall–Kier alpha value is -1.36. The van der Waals surface area contributed by atoms with E-state index < -0.39 is 0 Å². The van der Waals surface area contributed by atoms with Crippen molar-refractivity contribution < 1.29 is 9.32 Å². The second-order valence-corrected chi connectivity index (χ2v) is 7.42. The summed E-state index contributed by atoms with van der Waals surface area (Å²) >= 11 is 0. The molecule has 2 aliphatic rings. The summed E-state index contributed by atoms with van der Waals surface area (Å²) in [7, 11) is 0. The van der Waals surface area contributed by atoms with Crippen molar-refractivity contribution in [3.8, 4) is 0 Å². The molecule has 1 saturated carbocycles. The fourth-order valence-electron chi connectivity index (χ4n) is 3.31. The Balaban J connectivity index is 1.65. The molecule has 122 valence electrons. The van der Waals surface area contributed by atoms with E-state index in [0.717, 1.165) is 31.7 Å². The predicted molar refractivity (Wildman–Crippen MR) is 84.8 cm³/mol. The first-order valence-electron chi connectivity index (χ1n) is 8.47. The van der Waals surface area contributed by atoms with E-state index in [2.05, 4.69) is 43.1 Å². The van der Waals surface area contributed by atoms with Crippen LogP contribution in [0.25, 0.3) is 0 Å². The van der Waals surface area contributed by atoms with E-state index in [-0.39, 0.29) is 11.9 Å². The summed E-state index contributed by atoms with van der Waals surface area (Å²) in [6, 6.07) is 2.51. The number of hydrogen-bond donors (Lipinski definition) is 1. The summed E-state index contributed by atoms with van der Waals surface area (Å²) in [5.41, 5.74) is 0.424. The number of carbonyl (C=O) groups is 1. The maximum Gasteiger partial charge on any atom is 0.273 e. The molecule has 0 spiro atoms. The summed E-state index contributed by atoms with van der Waals surface area (Å²) in [5.74, 6) is 2.28. The third-order valence-corrected chi connectivity index (χ3v) is 5.04. The van der Waals surface area contributed by atoms with Gasteiger partial charge in [-0.2, -0.15) is 0 Å². The molecule has 1 aromatic rings. The van der Waals surface area contributed by atoms with E-state index in [9.17, 15) is 4.79 Å². The van der Waals surface area contributed by atoms with E-state index in [1.54, 1.807) is 0 Å². The van der Waals surface area contributed by atoms with Gasteiger partial charge in [-0.25, -0.2) is 0 Å². The Morgan fingerprint density at radius 2 is 2.05 bits per heavy atom. The highest BCUT2D eigenvalue weighted by Gasteiger charge is 2.37. The fraction of sp³-hybridized carbons (Fsp3) is 0.765. The normalized spacial score (nSPS) is 26.1. The number of rotatable bonds is 5. The monoisotopic (exact) mass is 305 g/mol. The van der Waals surface area contributed by atoms with E-state index in [0.29, 0.717) is 29.5 Å². The second-order valence-electron chi connectivity index (χ2n) is 7.42. The highest BCUT2D eigenvalue weighted by Crippen LogP contribution is 2.40. The molecule has 1 N–H and O–H groups in total. The van der Waals surface area contributed by atoms with Crippen LogP contribution in [-0.4, -0.2) is 41.1 Å². The van der Waals surface area contributed by atoms with Gasteiger partial charge >= 0.3 is 0 Å². The number of hydrogen-bond acceptors (Lipinski definition) is 4. The van der Waals surface area contributed by atoms with Crippen LogP contribution in [0.1, 0.15) is 62.7 Å². The molecule has 1 aliphatic heterocycles. The minimum absolute atomic E-state index is 0.100. The lowest BCUT2D eigenvalue weighted by Gasteiger charge is -2.22. The molecule has 22 heavy (non-hydrogen) atoms. The summed E-state index contributed by atoms with van der Waals surface area (Å²) in [6.07, 6.45) is 2.30. The second kappa shape index (κ2) is 6.03. The van der Waals surface area contributed by atoms with E-state index in [4.69, 9.17) is 4.52 Å². The van der Waals surface area contributed by atoms with Gasteiger partial charge in [-0.05, 0) is 38.5 Å². The molecule has 2 fully saturated rings. The Labute approximate surface area is 132 Å². The summed E-state index contributed by atoms with van der Waals surface area (Å²) in [6.45, 7) is 10.8. The van der Waals surface area contributed by atoms with Crippen molar-refractivity contribution in [1.82, 2.24) is 15.4 Å². The van der Waals surface area contributed by atoms with Crippen LogP contribution in [0.4, 0.5) is 0 Å². The molecule has 0 aromatic carbocycles. The van der Waals surface area contributed by atoms with Gasteiger partial charge in [0.05, 0.1) is 0 Å². The lowest BCUT2D eigenvalue weighted by molar-refractivity contribution is 0.0915.